The van der Waals surface area contributed by atoms with Crippen molar-refractivity contribution >= 4 is 12.6 Å². The molecule has 2 rings (SSSR count). The Kier molecular flexibility index (Phi) is 2.84. The van der Waals surface area contributed by atoms with E-state index in [2.05, 4.69) is 43.8 Å². The monoisotopic (exact) mass is 208 g/mol. The van der Waals surface area contributed by atoms with Crippen molar-refractivity contribution in [1.82, 2.24) is 0 Å². The predicted octanol–water partition coefficient (Wildman–Crippen LogP) is 2.79. The van der Waals surface area contributed by atoms with Crippen molar-refractivity contribution in [3.63, 3.8) is 0 Å². The molecule has 14 heavy (non-hydrogen) atoms. The maximum atomic E-state index is 5.19. The highest BCUT2D eigenvalue weighted by molar-refractivity contribution is 7.81. The molecule has 1 saturated heterocycles. The van der Waals surface area contributed by atoms with Crippen LogP contribution in [0.5, 0.6) is 0 Å². The van der Waals surface area contributed by atoms with Crippen molar-refractivity contribution in [2.75, 3.05) is 13.2 Å². The van der Waals surface area contributed by atoms with E-state index >= 15 is 0 Å². The molecule has 1 aromatic carbocycles. The Morgan fingerprint density at radius 1 is 1.29 bits per heavy atom. The standard InChI is InChI=1S/C12H16OS/c1-2-3-10-4-6-11(7-5-10)12(14)8-13-9-12/h4-7,14H,2-3,8-9H2,1H3. The SMILES string of the molecule is CCCc1ccc(C2(S)COC2)cc1. The van der Waals surface area contributed by atoms with Gasteiger partial charge in [0.15, 0.2) is 0 Å². The fourth-order valence-electron chi connectivity index (χ4n) is 1.73. The molecule has 0 saturated carbocycles. The van der Waals surface area contributed by atoms with Crippen molar-refractivity contribution in [2.45, 2.75) is 24.5 Å². The second-order valence-electron chi connectivity index (χ2n) is 3.97. The number of ether oxygens (including phenoxy) is 1. The highest BCUT2D eigenvalue weighted by atomic mass is 32.1. The Bertz CT molecular complexity index is 301. The topological polar surface area (TPSA) is 9.23 Å². The zero-order valence-corrected chi connectivity index (χ0v) is 9.39. The zero-order valence-electron chi connectivity index (χ0n) is 8.49. The lowest BCUT2D eigenvalue weighted by Gasteiger charge is -2.37. The molecular formula is C12H16OS. The Balaban J connectivity index is 2.13. The Hall–Kier alpha value is -0.470. The van der Waals surface area contributed by atoms with Crippen molar-refractivity contribution in [2.24, 2.45) is 0 Å². The van der Waals surface area contributed by atoms with Gasteiger partial charge in [-0.3, -0.25) is 0 Å². The molecule has 1 aliphatic heterocycles. The summed E-state index contributed by atoms with van der Waals surface area (Å²) >= 11 is 4.62. The molecule has 0 aromatic heterocycles. The van der Waals surface area contributed by atoms with Crippen LogP contribution in [0.25, 0.3) is 0 Å². The first-order valence-electron chi connectivity index (χ1n) is 5.14. The number of rotatable bonds is 3. The molecule has 0 amide bonds. The molecule has 1 nitrogen and oxygen atoms in total. The van der Waals surface area contributed by atoms with E-state index in [1.807, 2.05) is 0 Å². The van der Waals surface area contributed by atoms with Gasteiger partial charge in [-0.2, -0.15) is 12.6 Å². The third-order valence-corrected chi connectivity index (χ3v) is 3.23. The molecule has 0 unspecified atom stereocenters. The second-order valence-corrected chi connectivity index (χ2v) is 4.83. The third-order valence-electron chi connectivity index (χ3n) is 2.71. The van der Waals surface area contributed by atoms with Gasteiger partial charge in [0.2, 0.25) is 0 Å². The molecule has 76 valence electrons. The maximum absolute atomic E-state index is 5.19. The van der Waals surface area contributed by atoms with Crippen LogP contribution >= 0.6 is 12.6 Å². The summed E-state index contributed by atoms with van der Waals surface area (Å²) in [4.78, 5) is 0. The van der Waals surface area contributed by atoms with Crippen molar-refractivity contribution in [3.8, 4) is 0 Å². The smallest absolute Gasteiger partial charge is 0.0844 e. The summed E-state index contributed by atoms with van der Waals surface area (Å²) in [6.45, 7) is 3.68. The summed E-state index contributed by atoms with van der Waals surface area (Å²) in [6, 6.07) is 8.77. The van der Waals surface area contributed by atoms with E-state index in [1.165, 1.54) is 17.5 Å². The highest BCUT2D eigenvalue weighted by Crippen LogP contribution is 2.35. The van der Waals surface area contributed by atoms with Gasteiger partial charge in [0.25, 0.3) is 0 Å². The molecule has 0 spiro atoms. The number of benzene rings is 1. The first-order chi connectivity index (χ1) is 6.74. The van der Waals surface area contributed by atoms with Gasteiger partial charge in [-0.15, -0.1) is 0 Å². The lowest BCUT2D eigenvalue weighted by molar-refractivity contribution is -0.00969. The lowest BCUT2D eigenvalue weighted by Crippen LogP contribution is -2.41. The summed E-state index contributed by atoms with van der Waals surface area (Å²) in [5, 5.41) is 0. The Labute approximate surface area is 90.9 Å². The van der Waals surface area contributed by atoms with Crippen LogP contribution in [0.4, 0.5) is 0 Å². The van der Waals surface area contributed by atoms with Gasteiger partial charge in [-0.05, 0) is 17.5 Å². The Morgan fingerprint density at radius 3 is 2.36 bits per heavy atom. The molecule has 1 aromatic rings. The summed E-state index contributed by atoms with van der Waals surface area (Å²) < 4.78 is 5.17. The van der Waals surface area contributed by atoms with Gasteiger partial charge < -0.3 is 4.74 Å². The van der Waals surface area contributed by atoms with E-state index in [9.17, 15) is 0 Å². The molecule has 0 aliphatic carbocycles. The van der Waals surface area contributed by atoms with Crippen LogP contribution in [0.2, 0.25) is 0 Å². The normalized spacial score (nSPS) is 19.0. The highest BCUT2D eigenvalue weighted by Gasteiger charge is 2.36. The fraction of sp³-hybridized carbons (Fsp3) is 0.500. The van der Waals surface area contributed by atoms with Gasteiger partial charge in [-0.25, -0.2) is 0 Å². The lowest BCUT2D eigenvalue weighted by atomic mass is 9.95. The number of hydrogen-bond acceptors (Lipinski definition) is 2. The minimum Gasteiger partial charge on any atom is -0.378 e. The van der Waals surface area contributed by atoms with Crippen LogP contribution in [0, 0.1) is 0 Å². The minimum absolute atomic E-state index is 0.0231. The van der Waals surface area contributed by atoms with E-state index in [1.54, 1.807) is 0 Å². The predicted molar refractivity (Wildman–Crippen MR) is 61.9 cm³/mol. The quantitative estimate of drug-likeness (QED) is 0.751. The third kappa shape index (κ3) is 1.82. The molecule has 1 heterocycles. The van der Waals surface area contributed by atoms with Gasteiger partial charge in [0, 0.05) is 0 Å². The number of aryl methyl sites for hydroxylation is 1. The largest absolute Gasteiger partial charge is 0.378 e. The van der Waals surface area contributed by atoms with Gasteiger partial charge in [0.1, 0.15) is 0 Å². The van der Waals surface area contributed by atoms with Crippen molar-refractivity contribution in [3.05, 3.63) is 35.4 Å². The van der Waals surface area contributed by atoms with Gasteiger partial charge >= 0.3 is 0 Å². The van der Waals surface area contributed by atoms with Crippen LogP contribution < -0.4 is 0 Å². The van der Waals surface area contributed by atoms with Crippen LogP contribution in [0.3, 0.4) is 0 Å². The minimum atomic E-state index is -0.0231. The number of hydrogen-bond donors (Lipinski definition) is 1. The average Bonchev–Trinajstić information content (AvgIpc) is 2.16. The first-order valence-corrected chi connectivity index (χ1v) is 5.59. The summed E-state index contributed by atoms with van der Waals surface area (Å²) in [7, 11) is 0. The van der Waals surface area contributed by atoms with Crippen LogP contribution in [0.15, 0.2) is 24.3 Å². The second kappa shape index (κ2) is 3.95. The van der Waals surface area contributed by atoms with Crippen LogP contribution in [0.1, 0.15) is 24.5 Å². The van der Waals surface area contributed by atoms with Gasteiger partial charge in [0.05, 0.1) is 18.0 Å². The van der Waals surface area contributed by atoms with E-state index in [4.69, 9.17) is 4.74 Å². The molecule has 0 N–H and O–H groups in total. The van der Waals surface area contributed by atoms with Crippen LogP contribution in [-0.4, -0.2) is 13.2 Å². The molecule has 1 fully saturated rings. The molecule has 0 atom stereocenters. The van der Waals surface area contributed by atoms with Gasteiger partial charge in [-0.1, -0.05) is 37.6 Å². The van der Waals surface area contributed by atoms with Crippen molar-refractivity contribution in [1.29, 1.82) is 0 Å². The van der Waals surface area contributed by atoms with Crippen molar-refractivity contribution < 1.29 is 4.74 Å². The average molecular weight is 208 g/mol. The first kappa shape index (κ1) is 10.1. The van der Waals surface area contributed by atoms with Crippen LogP contribution in [-0.2, 0) is 15.9 Å². The molecule has 0 radical (unpaired) electrons. The van der Waals surface area contributed by atoms with E-state index < -0.39 is 0 Å². The maximum Gasteiger partial charge on any atom is 0.0844 e. The summed E-state index contributed by atoms with van der Waals surface area (Å²) in [5.41, 5.74) is 2.69. The molecular weight excluding hydrogens is 192 g/mol. The summed E-state index contributed by atoms with van der Waals surface area (Å²) in [6.07, 6.45) is 2.37. The number of thiol groups is 1. The molecule has 1 aliphatic rings. The van der Waals surface area contributed by atoms with E-state index in [0.717, 1.165) is 19.6 Å². The molecule has 0 bridgehead atoms. The van der Waals surface area contributed by atoms with E-state index in [0.29, 0.717) is 0 Å². The Morgan fingerprint density at radius 2 is 1.93 bits per heavy atom. The zero-order chi connectivity index (χ0) is 10.0. The molecule has 2 heteroatoms. The summed E-state index contributed by atoms with van der Waals surface area (Å²) in [5.74, 6) is 0. The van der Waals surface area contributed by atoms with E-state index in [-0.39, 0.29) is 4.75 Å². The fourth-order valence-corrected chi connectivity index (χ4v) is 2.06.